The molecule has 0 bridgehead atoms. The molecule has 1 aliphatic heterocycles. The van der Waals surface area contributed by atoms with Crippen LogP contribution in [0.3, 0.4) is 0 Å². The Hall–Kier alpha value is -0.460. The summed E-state index contributed by atoms with van der Waals surface area (Å²) in [5, 5.41) is 48.1. The summed E-state index contributed by atoms with van der Waals surface area (Å²) < 4.78 is 0. The molecule has 0 fully saturated rings. The minimum Gasteiger partial charge on any atom is -0.836 e. The van der Waals surface area contributed by atoms with E-state index in [1.54, 1.807) is 0 Å². The molecule has 0 amide bonds. The van der Waals surface area contributed by atoms with E-state index in [2.05, 4.69) is 10.6 Å². The molecule has 0 saturated heterocycles. The number of nitrogens with zero attached hydrogens (tertiary/aromatic N) is 2. The van der Waals surface area contributed by atoms with Gasteiger partial charge in [-0.05, 0) is 12.5 Å². The molecule has 1 heterocycles. The van der Waals surface area contributed by atoms with Gasteiger partial charge in [0.2, 0.25) is 0 Å². The first-order valence-electron chi connectivity index (χ1n) is 4.71. The van der Waals surface area contributed by atoms with Gasteiger partial charge in [0.05, 0.1) is 21.2 Å². The Balaban J connectivity index is 0.00000180. The van der Waals surface area contributed by atoms with Gasteiger partial charge >= 0.3 is 70.5 Å². The van der Waals surface area contributed by atoms with Crippen molar-refractivity contribution in [2.45, 2.75) is 12.5 Å². The van der Waals surface area contributed by atoms with Crippen molar-refractivity contribution in [2.24, 2.45) is 0 Å². The molecule has 12 heteroatoms. The molecule has 0 aliphatic carbocycles. The molecule has 1 aromatic rings. The van der Waals surface area contributed by atoms with E-state index in [1.165, 1.54) is 0 Å². The summed E-state index contributed by atoms with van der Waals surface area (Å²) in [5.74, 6) is 0. The Kier molecular flexibility index (Phi) is 7.35. The Morgan fingerprint density at radius 2 is 1.15 bits per heavy atom. The van der Waals surface area contributed by atoms with Gasteiger partial charge in [0, 0.05) is 12.1 Å². The van der Waals surface area contributed by atoms with Crippen molar-refractivity contribution in [1.29, 1.82) is 0 Å². The van der Waals surface area contributed by atoms with Gasteiger partial charge in [0.25, 0.3) is 0 Å². The summed E-state index contributed by atoms with van der Waals surface area (Å²) in [7, 11) is 0. The van der Waals surface area contributed by atoms with Gasteiger partial charge in [0.15, 0.2) is 0 Å². The molecule has 2 N–H and O–H groups in total. The molecular weight excluding hydrogens is 294 g/mol. The van der Waals surface area contributed by atoms with Crippen molar-refractivity contribution in [2.75, 3.05) is 10.6 Å². The number of anilines is 2. The SMILES string of the molecule is O=[N+]([O-])c1cc2c(cc1[N+](=O)[O-])NC([O-])C([O-])N2.[Na+].[Na+]. The zero-order valence-electron chi connectivity index (χ0n) is 10.7. The molecule has 0 saturated carbocycles. The summed E-state index contributed by atoms with van der Waals surface area (Å²) in [5.41, 5.74) is -1.49. The number of hydrogen-bond donors (Lipinski definition) is 2. The van der Waals surface area contributed by atoms with Crippen LogP contribution in [0, 0.1) is 20.2 Å². The van der Waals surface area contributed by atoms with Crippen molar-refractivity contribution >= 4 is 22.7 Å². The average molecular weight is 300 g/mol. The second kappa shape index (κ2) is 7.52. The van der Waals surface area contributed by atoms with Crippen molar-refractivity contribution in [1.82, 2.24) is 0 Å². The minimum atomic E-state index is -1.72. The molecule has 0 radical (unpaired) electrons. The van der Waals surface area contributed by atoms with Crippen LogP contribution in [0.15, 0.2) is 12.1 Å². The van der Waals surface area contributed by atoms with Crippen LogP contribution in [0.25, 0.3) is 0 Å². The standard InChI is InChI=1S/C8H6N4O6.2Na/c13-7-8(14)10-4-2-6(12(17)18)5(11(15)16)1-3(4)9-7;;/h1-2,7-10H;;/q-2;2*+1. The largest absolute Gasteiger partial charge is 1.00 e. The Bertz CT molecular complexity index is 495. The zero-order chi connectivity index (χ0) is 13.4. The predicted octanol–water partition coefficient (Wildman–Crippen LogP) is -7.28. The molecule has 0 spiro atoms. The van der Waals surface area contributed by atoms with E-state index in [1.807, 2.05) is 0 Å². The summed E-state index contributed by atoms with van der Waals surface area (Å²) in [6.07, 6.45) is -3.45. The molecule has 2 atom stereocenters. The van der Waals surface area contributed by atoms with E-state index in [0.29, 0.717) is 0 Å². The zero-order valence-corrected chi connectivity index (χ0v) is 14.7. The van der Waals surface area contributed by atoms with Gasteiger partial charge in [-0.3, -0.25) is 20.2 Å². The van der Waals surface area contributed by atoms with Gasteiger partial charge < -0.3 is 20.8 Å². The fourth-order valence-electron chi connectivity index (χ4n) is 1.57. The fourth-order valence-corrected chi connectivity index (χ4v) is 1.57. The molecule has 1 aliphatic rings. The van der Waals surface area contributed by atoms with E-state index in [9.17, 15) is 30.4 Å². The smallest absolute Gasteiger partial charge is 0.836 e. The molecule has 1 aromatic carbocycles. The molecule has 20 heavy (non-hydrogen) atoms. The maximum Gasteiger partial charge on any atom is 1.00 e. The average Bonchev–Trinajstić information content (AvgIpc) is 2.28. The van der Waals surface area contributed by atoms with Gasteiger partial charge in [0.1, 0.15) is 0 Å². The summed E-state index contributed by atoms with van der Waals surface area (Å²) in [6.45, 7) is 0. The van der Waals surface area contributed by atoms with E-state index >= 15 is 0 Å². The maximum absolute atomic E-state index is 11.2. The van der Waals surface area contributed by atoms with Crippen LogP contribution in [0.2, 0.25) is 0 Å². The van der Waals surface area contributed by atoms with Gasteiger partial charge in [-0.1, -0.05) is 0 Å². The minimum absolute atomic E-state index is 0. The first-order chi connectivity index (χ1) is 8.40. The van der Waals surface area contributed by atoms with Crippen LogP contribution >= 0.6 is 0 Å². The van der Waals surface area contributed by atoms with Crippen molar-refractivity contribution < 1.29 is 79.2 Å². The number of benzene rings is 1. The number of rotatable bonds is 2. The van der Waals surface area contributed by atoms with E-state index in [-0.39, 0.29) is 70.5 Å². The number of fused-ring (bicyclic) bond motifs is 1. The van der Waals surface area contributed by atoms with Gasteiger partial charge in [-0.2, -0.15) is 0 Å². The van der Waals surface area contributed by atoms with Crippen molar-refractivity contribution in [3.05, 3.63) is 32.4 Å². The first kappa shape index (κ1) is 19.5. The maximum atomic E-state index is 11.2. The fraction of sp³-hybridized carbons (Fsp3) is 0.250. The van der Waals surface area contributed by atoms with Crippen LogP contribution in [0.1, 0.15) is 0 Å². The van der Waals surface area contributed by atoms with Crippen LogP contribution in [0.4, 0.5) is 22.7 Å². The molecule has 96 valence electrons. The molecule has 2 unspecified atom stereocenters. The third-order valence-electron chi connectivity index (χ3n) is 2.38. The van der Waals surface area contributed by atoms with Crippen molar-refractivity contribution in [3.63, 3.8) is 0 Å². The molecule has 10 nitrogen and oxygen atoms in total. The Morgan fingerprint density at radius 3 is 1.40 bits per heavy atom. The monoisotopic (exact) mass is 300 g/mol. The third-order valence-corrected chi connectivity index (χ3v) is 2.38. The summed E-state index contributed by atoms with van der Waals surface area (Å²) in [6, 6.07) is 1.72. The first-order valence-corrected chi connectivity index (χ1v) is 4.71. The van der Waals surface area contributed by atoms with Crippen LogP contribution in [0.5, 0.6) is 0 Å². The van der Waals surface area contributed by atoms with Crippen LogP contribution in [-0.4, -0.2) is 22.3 Å². The number of nitro groups is 2. The van der Waals surface area contributed by atoms with E-state index in [0.717, 1.165) is 12.1 Å². The Morgan fingerprint density at radius 1 is 0.850 bits per heavy atom. The number of nitrogens with one attached hydrogen (secondary N) is 2. The number of nitro benzene ring substituents is 2. The van der Waals surface area contributed by atoms with Crippen LogP contribution < -0.4 is 80.0 Å². The summed E-state index contributed by atoms with van der Waals surface area (Å²) >= 11 is 0. The topological polar surface area (TPSA) is 156 Å². The summed E-state index contributed by atoms with van der Waals surface area (Å²) in [4.78, 5) is 19.5. The van der Waals surface area contributed by atoms with E-state index in [4.69, 9.17) is 0 Å². The quantitative estimate of drug-likeness (QED) is 0.310. The normalized spacial score (nSPS) is 19.3. The third kappa shape index (κ3) is 3.80. The second-order valence-corrected chi connectivity index (χ2v) is 3.53. The number of hydrogen-bond acceptors (Lipinski definition) is 8. The van der Waals surface area contributed by atoms with Gasteiger partial charge in [-0.25, -0.2) is 0 Å². The van der Waals surface area contributed by atoms with E-state index < -0.39 is 33.7 Å². The second-order valence-electron chi connectivity index (χ2n) is 3.53. The molecule has 0 aromatic heterocycles. The van der Waals surface area contributed by atoms with Gasteiger partial charge in [-0.15, -0.1) is 0 Å². The predicted molar refractivity (Wildman–Crippen MR) is 54.6 cm³/mol. The molecular formula is C8H6N4Na2O6. The van der Waals surface area contributed by atoms with Crippen molar-refractivity contribution in [3.8, 4) is 0 Å². The van der Waals surface area contributed by atoms with Crippen LogP contribution in [-0.2, 0) is 0 Å². The molecule has 2 rings (SSSR count). The Labute approximate surface area is 156 Å².